The highest BCUT2D eigenvalue weighted by Gasteiger charge is 2.23. The van der Waals surface area contributed by atoms with E-state index < -0.39 is 0 Å². The molecule has 0 unspecified atom stereocenters. The molecule has 1 aliphatic heterocycles. The van der Waals surface area contributed by atoms with E-state index in [0.29, 0.717) is 16.7 Å². The molecular weight excluding hydrogens is 472 g/mol. The first-order chi connectivity index (χ1) is 14.9. The van der Waals surface area contributed by atoms with Gasteiger partial charge in [-0.2, -0.15) is 0 Å². The molecule has 4 rings (SSSR count). The number of amides is 1. The Morgan fingerprint density at radius 2 is 1.68 bits per heavy atom. The standard InChI is InChI=1S/C25H21BrN2O2S/c1-16-11-17(2)13-21(12-16)27-25-28-24(29)23(31-25)14-18-5-9-22(10-6-18)30-15-19-3-7-20(26)8-4-19/h3-14H,15H2,1-2H3,(H,27,28,29)/b23-14-. The Hall–Kier alpha value is -2.83. The summed E-state index contributed by atoms with van der Waals surface area (Å²) in [6, 6.07) is 21.8. The maximum Gasteiger partial charge on any atom is 0.264 e. The van der Waals surface area contributed by atoms with E-state index in [9.17, 15) is 4.79 Å². The van der Waals surface area contributed by atoms with Crippen molar-refractivity contribution in [3.8, 4) is 5.75 Å². The van der Waals surface area contributed by atoms with Gasteiger partial charge in [0.2, 0.25) is 0 Å². The maximum atomic E-state index is 12.4. The first-order valence-corrected chi connectivity index (χ1v) is 11.4. The number of benzene rings is 3. The number of amidine groups is 1. The Kier molecular flexibility index (Phi) is 6.59. The number of hydrogen-bond acceptors (Lipinski definition) is 4. The number of rotatable bonds is 5. The van der Waals surface area contributed by atoms with Crippen LogP contribution >= 0.6 is 27.7 Å². The summed E-state index contributed by atoms with van der Waals surface area (Å²) in [5.41, 5.74) is 5.16. The molecule has 1 N–H and O–H groups in total. The van der Waals surface area contributed by atoms with Gasteiger partial charge in [-0.25, -0.2) is 4.99 Å². The van der Waals surface area contributed by atoms with Crippen LogP contribution in [-0.4, -0.2) is 11.1 Å². The highest BCUT2D eigenvalue weighted by Crippen LogP contribution is 2.29. The first-order valence-electron chi connectivity index (χ1n) is 9.80. The minimum absolute atomic E-state index is 0.135. The molecule has 0 atom stereocenters. The van der Waals surface area contributed by atoms with Gasteiger partial charge in [0.25, 0.3) is 5.91 Å². The third-order valence-electron chi connectivity index (χ3n) is 4.58. The lowest BCUT2D eigenvalue weighted by molar-refractivity contribution is -0.115. The highest BCUT2D eigenvalue weighted by atomic mass is 79.9. The SMILES string of the molecule is Cc1cc(C)cc(N=C2NC(=O)/C(=C/c3ccc(OCc4ccc(Br)cc4)cc3)S2)c1. The van der Waals surface area contributed by atoms with Crippen molar-refractivity contribution in [3.63, 3.8) is 0 Å². The van der Waals surface area contributed by atoms with Gasteiger partial charge in [-0.1, -0.05) is 46.3 Å². The zero-order chi connectivity index (χ0) is 21.8. The van der Waals surface area contributed by atoms with Crippen molar-refractivity contribution in [1.29, 1.82) is 0 Å². The van der Waals surface area contributed by atoms with Crippen LogP contribution in [0.25, 0.3) is 6.08 Å². The second-order valence-corrected chi connectivity index (χ2v) is 9.26. The summed E-state index contributed by atoms with van der Waals surface area (Å²) in [7, 11) is 0. The molecule has 1 amide bonds. The van der Waals surface area contributed by atoms with E-state index in [1.165, 1.54) is 11.8 Å². The number of hydrogen-bond donors (Lipinski definition) is 1. The number of carbonyl (C=O) groups is 1. The molecule has 6 heteroatoms. The minimum Gasteiger partial charge on any atom is -0.489 e. The monoisotopic (exact) mass is 492 g/mol. The molecule has 3 aromatic carbocycles. The van der Waals surface area contributed by atoms with Crippen molar-refractivity contribution >= 4 is 50.5 Å². The molecule has 4 nitrogen and oxygen atoms in total. The molecule has 0 bridgehead atoms. The molecule has 31 heavy (non-hydrogen) atoms. The van der Waals surface area contributed by atoms with E-state index in [1.54, 1.807) is 0 Å². The lowest BCUT2D eigenvalue weighted by Gasteiger charge is -2.07. The number of nitrogens with one attached hydrogen (secondary N) is 1. The average Bonchev–Trinajstić information content (AvgIpc) is 3.06. The number of aryl methyl sites for hydroxylation is 2. The Balaban J connectivity index is 1.41. The van der Waals surface area contributed by atoms with Gasteiger partial charge in [-0.3, -0.25) is 4.79 Å². The molecule has 1 saturated heterocycles. The fourth-order valence-corrected chi connectivity index (χ4v) is 4.28. The third-order valence-corrected chi connectivity index (χ3v) is 6.02. The van der Waals surface area contributed by atoms with Crippen LogP contribution < -0.4 is 10.1 Å². The van der Waals surface area contributed by atoms with Crippen molar-refractivity contribution in [3.05, 3.63) is 98.4 Å². The van der Waals surface area contributed by atoms with E-state index >= 15 is 0 Å². The van der Waals surface area contributed by atoms with Crippen LogP contribution in [0, 0.1) is 13.8 Å². The molecule has 0 aromatic heterocycles. The fourth-order valence-electron chi connectivity index (χ4n) is 3.17. The summed E-state index contributed by atoms with van der Waals surface area (Å²) >= 11 is 4.78. The van der Waals surface area contributed by atoms with E-state index in [-0.39, 0.29) is 5.91 Å². The van der Waals surface area contributed by atoms with E-state index in [4.69, 9.17) is 4.74 Å². The highest BCUT2D eigenvalue weighted by molar-refractivity contribution is 9.10. The van der Waals surface area contributed by atoms with Crippen LogP contribution in [-0.2, 0) is 11.4 Å². The number of nitrogens with zero attached hydrogens (tertiary/aromatic N) is 1. The van der Waals surface area contributed by atoms with Gasteiger partial charge in [-0.15, -0.1) is 0 Å². The van der Waals surface area contributed by atoms with Crippen LogP contribution in [0.5, 0.6) is 5.75 Å². The topological polar surface area (TPSA) is 50.7 Å². The minimum atomic E-state index is -0.135. The van der Waals surface area contributed by atoms with E-state index in [0.717, 1.165) is 38.2 Å². The van der Waals surface area contributed by atoms with Crippen LogP contribution in [0.1, 0.15) is 22.3 Å². The Morgan fingerprint density at radius 3 is 2.35 bits per heavy atom. The van der Waals surface area contributed by atoms with Crippen molar-refractivity contribution < 1.29 is 9.53 Å². The van der Waals surface area contributed by atoms with Crippen LogP contribution in [0.15, 0.2) is 81.1 Å². The zero-order valence-corrected chi connectivity index (χ0v) is 19.6. The molecule has 0 aliphatic carbocycles. The normalized spacial score (nSPS) is 16.0. The predicted molar refractivity (Wildman–Crippen MR) is 132 cm³/mol. The van der Waals surface area contributed by atoms with Gasteiger partial charge in [0.1, 0.15) is 12.4 Å². The molecule has 0 spiro atoms. The molecule has 3 aromatic rings. The maximum absolute atomic E-state index is 12.4. The fraction of sp³-hybridized carbons (Fsp3) is 0.120. The molecular formula is C25H21BrN2O2S. The first kappa shape index (κ1) is 21.4. The predicted octanol–water partition coefficient (Wildman–Crippen LogP) is 6.54. The van der Waals surface area contributed by atoms with Crippen LogP contribution in [0.4, 0.5) is 5.69 Å². The Morgan fingerprint density at radius 1 is 1.00 bits per heavy atom. The summed E-state index contributed by atoms with van der Waals surface area (Å²) < 4.78 is 6.89. The van der Waals surface area contributed by atoms with Crippen molar-refractivity contribution in [1.82, 2.24) is 5.32 Å². The van der Waals surface area contributed by atoms with E-state index in [1.807, 2.05) is 80.6 Å². The Bertz CT molecular complexity index is 1150. The molecule has 0 saturated carbocycles. The zero-order valence-electron chi connectivity index (χ0n) is 17.2. The molecule has 156 valence electrons. The summed E-state index contributed by atoms with van der Waals surface area (Å²) in [5, 5.41) is 3.44. The van der Waals surface area contributed by atoms with Gasteiger partial charge in [-0.05, 0) is 90.3 Å². The summed E-state index contributed by atoms with van der Waals surface area (Å²) in [4.78, 5) is 17.6. The Labute approximate surface area is 194 Å². The second kappa shape index (κ2) is 9.54. The van der Waals surface area contributed by atoms with Crippen molar-refractivity contribution in [2.45, 2.75) is 20.5 Å². The molecule has 1 fully saturated rings. The lowest BCUT2D eigenvalue weighted by atomic mass is 10.1. The number of ether oxygens (including phenoxy) is 1. The average molecular weight is 493 g/mol. The van der Waals surface area contributed by atoms with Crippen molar-refractivity contribution in [2.24, 2.45) is 4.99 Å². The lowest BCUT2D eigenvalue weighted by Crippen LogP contribution is -2.19. The van der Waals surface area contributed by atoms with Crippen molar-refractivity contribution in [2.75, 3.05) is 0 Å². The second-order valence-electron chi connectivity index (χ2n) is 7.31. The smallest absolute Gasteiger partial charge is 0.264 e. The summed E-state index contributed by atoms with van der Waals surface area (Å²) in [6.07, 6.45) is 1.86. The molecule has 0 radical (unpaired) electrons. The number of halogens is 1. The van der Waals surface area contributed by atoms with Gasteiger partial charge in [0, 0.05) is 4.47 Å². The van der Waals surface area contributed by atoms with Gasteiger partial charge >= 0.3 is 0 Å². The van der Waals surface area contributed by atoms with Crippen LogP contribution in [0.2, 0.25) is 0 Å². The van der Waals surface area contributed by atoms with E-state index in [2.05, 4.69) is 32.3 Å². The van der Waals surface area contributed by atoms with Crippen LogP contribution in [0.3, 0.4) is 0 Å². The number of carbonyl (C=O) groups excluding carboxylic acids is 1. The van der Waals surface area contributed by atoms with Gasteiger partial charge in [0.05, 0.1) is 10.6 Å². The largest absolute Gasteiger partial charge is 0.489 e. The number of aliphatic imine (C=N–C) groups is 1. The molecule has 1 heterocycles. The quantitative estimate of drug-likeness (QED) is 0.411. The molecule has 1 aliphatic rings. The van der Waals surface area contributed by atoms with Gasteiger partial charge in [0.15, 0.2) is 5.17 Å². The summed E-state index contributed by atoms with van der Waals surface area (Å²) in [6.45, 7) is 4.58. The summed E-state index contributed by atoms with van der Waals surface area (Å²) in [5.74, 6) is 0.648. The third kappa shape index (κ3) is 5.87. The van der Waals surface area contributed by atoms with Gasteiger partial charge < -0.3 is 10.1 Å². The number of thioether (sulfide) groups is 1.